The first-order chi connectivity index (χ1) is 12.9. The lowest BCUT2D eigenvalue weighted by Gasteiger charge is -2.14. The summed E-state index contributed by atoms with van der Waals surface area (Å²) in [4.78, 5) is 16.1. The van der Waals surface area contributed by atoms with Crippen LogP contribution < -0.4 is 10.0 Å². The Hall–Kier alpha value is -2.84. The van der Waals surface area contributed by atoms with Crippen LogP contribution in [0.2, 0.25) is 5.02 Å². The Labute approximate surface area is 162 Å². The third-order valence-corrected chi connectivity index (χ3v) is 5.56. The fourth-order valence-corrected chi connectivity index (χ4v) is 3.63. The fraction of sp³-hybridized carbons (Fsp3) is 0.111. The molecule has 2 amide bonds. The topological polar surface area (TPSA) is 93.1 Å². The number of imidazole rings is 1. The Kier molecular flexibility index (Phi) is 5.48. The van der Waals surface area contributed by atoms with Gasteiger partial charge in [0.25, 0.3) is 10.0 Å². The molecule has 140 valence electrons. The lowest BCUT2D eigenvalue weighted by Crippen LogP contribution is -2.39. The number of hydrogen-bond donors (Lipinski definition) is 2. The van der Waals surface area contributed by atoms with Crippen molar-refractivity contribution in [3.05, 3.63) is 77.3 Å². The molecule has 2 aromatic carbocycles. The van der Waals surface area contributed by atoms with Crippen molar-refractivity contribution in [2.45, 2.75) is 18.4 Å². The standard InChI is InChI=1S/C18H17ClN4O3S/c1-13-5-7-14(8-6-13)27(25,26)22-18(24)21-11-15-16(19)3-2-4-17(15)23-10-9-20-12-23/h2-10,12H,11H2,1H3,(H2,21,22,24). The third kappa shape index (κ3) is 4.47. The van der Waals surface area contributed by atoms with E-state index in [1.54, 1.807) is 47.6 Å². The Bertz CT molecular complexity index is 1050. The van der Waals surface area contributed by atoms with E-state index in [0.717, 1.165) is 11.3 Å². The molecule has 3 rings (SSSR count). The van der Waals surface area contributed by atoms with Crippen molar-refractivity contribution >= 4 is 27.7 Å². The first kappa shape index (κ1) is 18.9. The molecule has 0 atom stereocenters. The zero-order chi connectivity index (χ0) is 19.4. The molecule has 7 nitrogen and oxygen atoms in total. The maximum Gasteiger partial charge on any atom is 0.328 e. The number of urea groups is 1. The number of rotatable bonds is 5. The fourth-order valence-electron chi connectivity index (χ4n) is 2.47. The van der Waals surface area contributed by atoms with Crippen molar-refractivity contribution in [3.63, 3.8) is 0 Å². The second kappa shape index (κ2) is 7.81. The average molecular weight is 405 g/mol. The number of nitrogens with zero attached hydrogens (tertiary/aromatic N) is 2. The lowest BCUT2D eigenvalue weighted by atomic mass is 10.1. The summed E-state index contributed by atoms with van der Waals surface area (Å²) < 4.78 is 28.3. The van der Waals surface area contributed by atoms with Crippen molar-refractivity contribution in [2.75, 3.05) is 0 Å². The van der Waals surface area contributed by atoms with Crippen molar-refractivity contribution in [2.24, 2.45) is 0 Å². The molecule has 0 aliphatic rings. The zero-order valence-electron chi connectivity index (χ0n) is 14.4. The van der Waals surface area contributed by atoms with E-state index < -0.39 is 16.1 Å². The summed E-state index contributed by atoms with van der Waals surface area (Å²) >= 11 is 6.25. The molecular formula is C18H17ClN4O3S. The van der Waals surface area contributed by atoms with Crippen LogP contribution >= 0.6 is 11.6 Å². The van der Waals surface area contributed by atoms with Gasteiger partial charge in [-0.1, -0.05) is 35.4 Å². The molecule has 2 N–H and O–H groups in total. The molecule has 3 aromatic rings. The number of carbonyl (C=O) groups excluding carboxylic acids is 1. The SMILES string of the molecule is Cc1ccc(S(=O)(=O)NC(=O)NCc2c(Cl)cccc2-n2ccnc2)cc1. The van der Waals surface area contributed by atoms with Crippen LogP contribution in [0.1, 0.15) is 11.1 Å². The molecular weight excluding hydrogens is 388 g/mol. The Balaban J connectivity index is 1.72. The summed E-state index contributed by atoms with van der Waals surface area (Å²) in [7, 11) is -3.95. The van der Waals surface area contributed by atoms with Crippen LogP contribution in [0.3, 0.4) is 0 Å². The van der Waals surface area contributed by atoms with Gasteiger partial charge in [-0.15, -0.1) is 0 Å². The highest BCUT2D eigenvalue weighted by molar-refractivity contribution is 7.90. The molecule has 0 radical (unpaired) electrons. The molecule has 0 spiro atoms. The van der Waals surface area contributed by atoms with E-state index in [1.165, 1.54) is 12.1 Å². The minimum atomic E-state index is -3.95. The van der Waals surface area contributed by atoms with Crippen molar-refractivity contribution in [3.8, 4) is 5.69 Å². The molecule has 0 aliphatic carbocycles. The molecule has 1 heterocycles. The minimum Gasteiger partial charge on any atom is -0.333 e. The molecule has 0 saturated heterocycles. The number of amides is 2. The van der Waals surface area contributed by atoms with Crippen LogP contribution in [0, 0.1) is 6.92 Å². The zero-order valence-corrected chi connectivity index (χ0v) is 16.0. The van der Waals surface area contributed by atoms with Crippen LogP contribution in [0.5, 0.6) is 0 Å². The summed E-state index contributed by atoms with van der Waals surface area (Å²) in [5.74, 6) is 0. The van der Waals surface area contributed by atoms with Gasteiger partial charge in [-0.2, -0.15) is 0 Å². The van der Waals surface area contributed by atoms with E-state index >= 15 is 0 Å². The Morgan fingerprint density at radius 1 is 1.19 bits per heavy atom. The van der Waals surface area contributed by atoms with Gasteiger partial charge in [-0.05, 0) is 31.2 Å². The lowest BCUT2D eigenvalue weighted by molar-refractivity contribution is 0.245. The molecule has 0 aliphatic heterocycles. The van der Waals surface area contributed by atoms with E-state index in [9.17, 15) is 13.2 Å². The van der Waals surface area contributed by atoms with E-state index in [2.05, 4.69) is 10.3 Å². The van der Waals surface area contributed by atoms with Gasteiger partial charge < -0.3 is 9.88 Å². The monoisotopic (exact) mass is 404 g/mol. The largest absolute Gasteiger partial charge is 0.333 e. The maximum absolute atomic E-state index is 12.3. The highest BCUT2D eigenvalue weighted by Crippen LogP contribution is 2.23. The van der Waals surface area contributed by atoms with Crippen LogP contribution in [0.25, 0.3) is 5.69 Å². The van der Waals surface area contributed by atoms with Gasteiger partial charge in [0.1, 0.15) is 0 Å². The van der Waals surface area contributed by atoms with Gasteiger partial charge in [0, 0.05) is 29.5 Å². The second-order valence-corrected chi connectivity index (χ2v) is 7.90. The summed E-state index contributed by atoms with van der Waals surface area (Å²) in [6.07, 6.45) is 4.98. The van der Waals surface area contributed by atoms with Gasteiger partial charge in [0.2, 0.25) is 0 Å². The van der Waals surface area contributed by atoms with Crippen molar-refractivity contribution < 1.29 is 13.2 Å². The normalized spacial score (nSPS) is 11.2. The number of carbonyl (C=O) groups is 1. The number of aryl methyl sites for hydroxylation is 1. The molecule has 0 saturated carbocycles. The quantitative estimate of drug-likeness (QED) is 0.683. The first-order valence-corrected chi connectivity index (χ1v) is 9.86. The number of benzene rings is 2. The van der Waals surface area contributed by atoms with Gasteiger partial charge in [0.15, 0.2) is 0 Å². The van der Waals surface area contributed by atoms with Crippen LogP contribution in [-0.4, -0.2) is 24.0 Å². The van der Waals surface area contributed by atoms with Crippen LogP contribution in [-0.2, 0) is 16.6 Å². The maximum atomic E-state index is 12.3. The predicted molar refractivity (Wildman–Crippen MR) is 102 cm³/mol. The van der Waals surface area contributed by atoms with E-state index in [-0.39, 0.29) is 11.4 Å². The number of sulfonamides is 1. The molecule has 0 bridgehead atoms. The van der Waals surface area contributed by atoms with Crippen LogP contribution in [0.4, 0.5) is 4.79 Å². The van der Waals surface area contributed by atoms with Crippen molar-refractivity contribution in [1.82, 2.24) is 19.6 Å². The molecule has 0 unspecified atom stereocenters. The molecule has 1 aromatic heterocycles. The van der Waals surface area contributed by atoms with E-state index in [1.807, 2.05) is 17.7 Å². The first-order valence-electron chi connectivity index (χ1n) is 8.00. The number of hydrogen-bond acceptors (Lipinski definition) is 4. The molecule has 27 heavy (non-hydrogen) atoms. The van der Waals surface area contributed by atoms with Crippen molar-refractivity contribution in [1.29, 1.82) is 0 Å². The number of nitrogens with one attached hydrogen (secondary N) is 2. The minimum absolute atomic E-state index is 0.0140. The second-order valence-electron chi connectivity index (χ2n) is 5.81. The van der Waals surface area contributed by atoms with Gasteiger partial charge in [0.05, 0.1) is 16.9 Å². The predicted octanol–water partition coefficient (Wildman–Crippen LogP) is 3.02. The Morgan fingerprint density at radius 3 is 2.59 bits per heavy atom. The van der Waals surface area contributed by atoms with Gasteiger partial charge in [-0.25, -0.2) is 22.9 Å². The summed E-state index contributed by atoms with van der Waals surface area (Å²) in [5, 5.41) is 2.98. The molecule has 9 heteroatoms. The Morgan fingerprint density at radius 2 is 1.93 bits per heavy atom. The highest BCUT2D eigenvalue weighted by atomic mass is 35.5. The smallest absolute Gasteiger partial charge is 0.328 e. The number of aromatic nitrogens is 2. The van der Waals surface area contributed by atoms with Gasteiger partial charge >= 0.3 is 6.03 Å². The van der Waals surface area contributed by atoms with E-state index in [0.29, 0.717) is 10.6 Å². The average Bonchev–Trinajstić information content (AvgIpc) is 3.15. The van der Waals surface area contributed by atoms with Crippen LogP contribution in [0.15, 0.2) is 66.1 Å². The van der Waals surface area contributed by atoms with E-state index in [4.69, 9.17) is 11.6 Å². The van der Waals surface area contributed by atoms with Gasteiger partial charge in [-0.3, -0.25) is 0 Å². The number of halogens is 1. The summed E-state index contributed by atoms with van der Waals surface area (Å²) in [5.41, 5.74) is 2.30. The summed E-state index contributed by atoms with van der Waals surface area (Å²) in [6, 6.07) is 10.7. The third-order valence-electron chi connectivity index (χ3n) is 3.86. The molecule has 0 fully saturated rings. The highest BCUT2D eigenvalue weighted by Gasteiger charge is 2.18. The summed E-state index contributed by atoms with van der Waals surface area (Å²) in [6.45, 7) is 1.89.